The van der Waals surface area contributed by atoms with Crippen LogP contribution < -0.4 is 9.44 Å². The molecule has 0 amide bonds. The molecule has 92 valence electrons. The molecule has 6 nitrogen and oxygen atoms in total. The van der Waals surface area contributed by atoms with Crippen molar-refractivity contribution in [1.82, 2.24) is 9.44 Å². The molecule has 0 bridgehead atoms. The van der Waals surface area contributed by atoms with Crippen molar-refractivity contribution in [3.8, 4) is 0 Å². The first-order valence-corrected chi connectivity index (χ1v) is 8.08. The van der Waals surface area contributed by atoms with Crippen LogP contribution in [0.5, 0.6) is 0 Å². The van der Waals surface area contributed by atoms with E-state index >= 15 is 0 Å². The molecule has 0 rings (SSSR count). The number of halogens is 1. The summed E-state index contributed by atoms with van der Waals surface area (Å²) in [6.45, 7) is 4.76. The molecule has 0 atom stereocenters. The molecule has 15 heavy (non-hydrogen) atoms. The van der Waals surface area contributed by atoms with Crippen molar-refractivity contribution in [2.24, 2.45) is 0 Å². The highest BCUT2D eigenvalue weighted by Gasteiger charge is 2.19. The number of hydrogen-bond donors (Lipinski definition) is 2. The second kappa shape index (κ2) is 4.96. The molecule has 0 aromatic heterocycles. The number of rotatable bonds is 5. The summed E-state index contributed by atoms with van der Waals surface area (Å²) in [4.78, 5) is 0. The predicted molar refractivity (Wildman–Crippen MR) is 59.5 cm³/mol. The SMILES string of the molecule is CC(C)(C)NS(=O)(=O)NCCS(=O)(=O)Cl. The fraction of sp³-hybridized carbons (Fsp3) is 1.00. The summed E-state index contributed by atoms with van der Waals surface area (Å²) in [5, 5.41) is 0. The van der Waals surface area contributed by atoms with Gasteiger partial charge in [0.05, 0.1) is 5.75 Å². The molecule has 0 saturated carbocycles. The van der Waals surface area contributed by atoms with E-state index in [1.54, 1.807) is 20.8 Å². The Kier molecular flexibility index (Phi) is 5.00. The molecule has 0 aromatic rings. The van der Waals surface area contributed by atoms with Crippen molar-refractivity contribution in [3.63, 3.8) is 0 Å². The van der Waals surface area contributed by atoms with E-state index in [0.29, 0.717) is 0 Å². The molecule has 2 N–H and O–H groups in total. The van der Waals surface area contributed by atoms with E-state index in [4.69, 9.17) is 10.7 Å². The van der Waals surface area contributed by atoms with Crippen LogP contribution in [0.25, 0.3) is 0 Å². The summed E-state index contributed by atoms with van der Waals surface area (Å²) in [5.41, 5.74) is -0.619. The fourth-order valence-corrected chi connectivity index (χ4v) is 2.69. The van der Waals surface area contributed by atoms with Crippen molar-refractivity contribution < 1.29 is 16.8 Å². The minimum absolute atomic E-state index is 0.253. The Balaban J connectivity index is 4.19. The van der Waals surface area contributed by atoms with Crippen LogP contribution in [-0.4, -0.2) is 34.7 Å². The maximum atomic E-state index is 11.3. The van der Waals surface area contributed by atoms with E-state index < -0.39 is 30.6 Å². The largest absolute Gasteiger partial charge is 0.277 e. The van der Waals surface area contributed by atoms with Crippen LogP contribution in [0.15, 0.2) is 0 Å². The first-order chi connectivity index (χ1) is 6.41. The second-order valence-corrected chi connectivity index (χ2v) is 8.39. The lowest BCUT2D eigenvalue weighted by Gasteiger charge is -2.20. The van der Waals surface area contributed by atoms with Crippen molar-refractivity contribution in [2.75, 3.05) is 12.3 Å². The molecule has 0 saturated heterocycles. The van der Waals surface area contributed by atoms with Crippen LogP contribution in [0.1, 0.15) is 20.8 Å². The lowest BCUT2D eigenvalue weighted by atomic mass is 10.1. The van der Waals surface area contributed by atoms with Crippen LogP contribution in [-0.2, 0) is 19.3 Å². The van der Waals surface area contributed by atoms with E-state index in [9.17, 15) is 16.8 Å². The van der Waals surface area contributed by atoms with E-state index in [0.717, 1.165) is 0 Å². The highest BCUT2D eigenvalue weighted by Crippen LogP contribution is 2.00. The smallest absolute Gasteiger partial charge is 0.212 e. The highest BCUT2D eigenvalue weighted by atomic mass is 35.7. The summed E-state index contributed by atoms with van der Waals surface area (Å²) >= 11 is 0. The maximum Gasteiger partial charge on any atom is 0.277 e. The summed E-state index contributed by atoms with van der Waals surface area (Å²) in [5.74, 6) is -0.445. The predicted octanol–water partition coefficient (Wildman–Crippen LogP) is -0.222. The monoisotopic (exact) mass is 278 g/mol. The first kappa shape index (κ1) is 15.1. The molecule has 0 aliphatic carbocycles. The molecule has 0 aliphatic heterocycles. The van der Waals surface area contributed by atoms with Gasteiger partial charge in [-0.3, -0.25) is 0 Å². The molecule has 0 aliphatic rings. The number of nitrogens with one attached hydrogen (secondary N) is 2. The van der Waals surface area contributed by atoms with E-state index in [-0.39, 0.29) is 6.54 Å². The van der Waals surface area contributed by atoms with E-state index in [1.165, 1.54) is 0 Å². The lowest BCUT2D eigenvalue weighted by molar-refractivity contribution is 0.485. The molecule has 0 heterocycles. The lowest BCUT2D eigenvalue weighted by Crippen LogP contribution is -2.47. The fourth-order valence-electron chi connectivity index (χ4n) is 0.737. The van der Waals surface area contributed by atoms with Crippen molar-refractivity contribution in [1.29, 1.82) is 0 Å². The molecule has 9 heteroatoms. The molecule has 0 aromatic carbocycles. The molecule has 0 radical (unpaired) electrons. The Hall–Kier alpha value is 0.110. The Labute approximate surface area is 95.0 Å². The topological polar surface area (TPSA) is 92.3 Å². The van der Waals surface area contributed by atoms with Crippen molar-refractivity contribution in [2.45, 2.75) is 26.3 Å². The van der Waals surface area contributed by atoms with Gasteiger partial charge in [-0.15, -0.1) is 0 Å². The molecular weight excluding hydrogens is 264 g/mol. The van der Waals surface area contributed by atoms with Crippen LogP contribution in [0.2, 0.25) is 0 Å². The Morgan fingerprint density at radius 1 is 1.13 bits per heavy atom. The Morgan fingerprint density at radius 3 is 1.93 bits per heavy atom. The van der Waals surface area contributed by atoms with Gasteiger partial charge in [-0.25, -0.2) is 13.1 Å². The quantitative estimate of drug-likeness (QED) is 0.680. The van der Waals surface area contributed by atoms with Gasteiger partial charge >= 0.3 is 0 Å². The van der Waals surface area contributed by atoms with E-state index in [2.05, 4.69) is 9.44 Å². The zero-order valence-electron chi connectivity index (χ0n) is 8.74. The molecule has 0 spiro atoms. The zero-order valence-corrected chi connectivity index (χ0v) is 11.1. The highest BCUT2D eigenvalue weighted by molar-refractivity contribution is 8.13. The molecule has 0 fully saturated rings. The van der Waals surface area contributed by atoms with Crippen LogP contribution in [0.4, 0.5) is 0 Å². The van der Waals surface area contributed by atoms with Crippen LogP contribution >= 0.6 is 10.7 Å². The summed E-state index contributed by atoms with van der Waals surface area (Å²) < 4.78 is 47.9. The standard InChI is InChI=1S/C6H15ClN2O4S2/c1-6(2,3)9-15(12,13)8-4-5-14(7,10)11/h8-9H,4-5H2,1-3H3. The zero-order chi connectivity index (χ0) is 12.3. The van der Waals surface area contributed by atoms with Crippen LogP contribution in [0, 0.1) is 0 Å². The van der Waals surface area contributed by atoms with Crippen molar-refractivity contribution >= 4 is 29.9 Å². The minimum Gasteiger partial charge on any atom is -0.212 e. The van der Waals surface area contributed by atoms with Gasteiger partial charge in [-0.2, -0.15) is 13.1 Å². The minimum atomic E-state index is -3.68. The summed E-state index contributed by atoms with van der Waals surface area (Å²) in [6, 6.07) is 0. The Morgan fingerprint density at radius 2 is 1.60 bits per heavy atom. The normalized spacial score (nSPS) is 14.1. The van der Waals surface area contributed by atoms with Crippen LogP contribution in [0.3, 0.4) is 0 Å². The first-order valence-electron chi connectivity index (χ1n) is 4.12. The van der Waals surface area contributed by atoms with Gasteiger partial charge in [0, 0.05) is 22.8 Å². The average Bonchev–Trinajstić information content (AvgIpc) is 1.75. The van der Waals surface area contributed by atoms with Gasteiger partial charge < -0.3 is 0 Å². The van der Waals surface area contributed by atoms with E-state index in [1.807, 2.05) is 0 Å². The third-order valence-corrected chi connectivity index (χ3v) is 3.70. The Bertz CT molecular complexity index is 395. The maximum absolute atomic E-state index is 11.3. The van der Waals surface area contributed by atoms with Gasteiger partial charge in [-0.1, -0.05) is 0 Å². The third kappa shape index (κ3) is 10.4. The molecular formula is C6H15ClN2O4S2. The van der Waals surface area contributed by atoms with Gasteiger partial charge in [0.25, 0.3) is 10.2 Å². The van der Waals surface area contributed by atoms with Gasteiger partial charge in [0.2, 0.25) is 9.05 Å². The average molecular weight is 279 g/mol. The molecule has 0 unspecified atom stereocenters. The van der Waals surface area contributed by atoms with Gasteiger partial charge in [0.1, 0.15) is 0 Å². The van der Waals surface area contributed by atoms with Gasteiger partial charge in [-0.05, 0) is 20.8 Å². The van der Waals surface area contributed by atoms with Crippen molar-refractivity contribution in [3.05, 3.63) is 0 Å². The second-order valence-electron chi connectivity index (χ2n) is 3.99. The summed E-state index contributed by atoms with van der Waals surface area (Å²) in [6.07, 6.45) is 0. The summed E-state index contributed by atoms with van der Waals surface area (Å²) in [7, 11) is -2.45. The van der Waals surface area contributed by atoms with Gasteiger partial charge in [0.15, 0.2) is 0 Å². The third-order valence-electron chi connectivity index (χ3n) is 1.08. The number of hydrogen-bond acceptors (Lipinski definition) is 4.